The number of carbonyl (C=O) groups excluding carboxylic acids is 1. The number of aliphatic hydroxyl groups excluding tert-OH is 1. The maximum atomic E-state index is 12.8. The molecular formula is C13H12FNO4. The highest BCUT2D eigenvalue weighted by Crippen LogP contribution is 2.24. The molecule has 0 aliphatic carbocycles. The fourth-order valence-corrected chi connectivity index (χ4v) is 1.61. The summed E-state index contributed by atoms with van der Waals surface area (Å²) in [7, 11) is 0. The number of esters is 1. The molecule has 0 saturated carbocycles. The summed E-state index contributed by atoms with van der Waals surface area (Å²) in [6.07, 6.45) is -0.0705. The maximum absolute atomic E-state index is 12.8. The lowest BCUT2D eigenvalue weighted by molar-refractivity contribution is 0.0520. The van der Waals surface area contributed by atoms with E-state index in [1.807, 2.05) is 0 Å². The topological polar surface area (TPSA) is 72.6 Å². The van der Waals surface area contributed by atoms with E-state index in [1.165, 1.54) is 24.3 Å². The van der Waals surface area contributed by atoms with Crippen LogP contribution in [-0.2, 0) is 4.74 Å². The largest absolute Gasteiger partial charge is 0.462 e. The number of ether oxygens (including phenoxy) is 1. The number of aliphatic hydroxyl groups is 1. The van der Waals surface area contributed by atoms with Crippen LogP contribution < -0.4 is 0 Å². The van der Waals surface area contributed by atoms with Gasteiger partial charge in [-0.15, -0.1) is 0 Å². The number of halogens is 1. The zero-order valence-corrected chi connectivity index (χ0v) is 10.2. The Labute approximate surface area is 108 Å². The Kier molecular flexibility index (Phi) is 3.91. The monoisotopic (exact) mass is 265 g/mol. The molecule has 0 amide bonds. The second-order valence-electron chi connectivity index (χ2n) is 3.79. The Balaban J connectivity index is 2.29. The van der Waals surface area contributed by atoms with Crippen LogP contribution in [0.25, 0.3) is 0 Å². The van der Waals surface area contributed by atoms with Crippen LogP contribution in [0.5, 0.6) is 0 Å². The lowest BCUT2D eigenvalue weighted by Gasteiger charge is -2.09. The molecule has 100 valence electrons. The van der Waals surface area contributed by atoms with E-state index in [0.717, 1.165) is 6.26 Å². The van der Waals surface area contributed by atoms with Gasteiger partial charge < -0.3 is 14.4 Å². The molecule has 1 N–H and O–H groups in total. The van der Waals surface area contributed by atoms with Crippen molar-refractivity contribution in [1.29, 1.82) is 0 Å². The summed E-state index contributed by atoms with van der Waals surface area (Å²) in [5.74, 6) is -1.04. The van der Waals surface area contributed by atoms with Gasteiger partial charge in [-0.05, 0) is 24.6 Å². The van der Waals surface area contributed by atoms with E-state index in [2.05, 4.69) is 5.16 Å². The van der Waals surface area contributed by atoms with E-state index >= 15 is 0 Å². The van der Waals surface area contributed by atoms with Gasteiger partial charge in [0.15, 0.2) is 0 Å². The summed E-state index contributed by atoms with van der Waals surface area (Å²) in [5.41, 5.74) is 0.504. The number of carbonyl (C=O) groups is 1. The first kappa shape index (κ1) is 13.2. The molecule has 0 spiro atoms. The van der Waals surface area contributed by atoms with Crippen molar-refractivity contribution >= 4 is 5.97 Å². The molecule has 1 aromatic carbocycles. The number of aromatic nitrogens is 1. The quantitative estimate of drug-likeness (QED) is 0.857. The van der Waals surface area contributed by atoms with Gasteiger partial charge in [-0.3, -0.25) is 0 Å². The Morgan fingerprint density at radius 1 is 1.47 bits per heavy atom. The van der Waals surface area contributed by atoms with Crippen molar-refractivity contribution in [2.24, 2.45) is 0 Å². The average Bonchev–Trinajstić information content (AvgIpc) is 2.88. The minimum Gasteiger partial charge on any atom is -0.462 e. The van der Waals surface area contributed by atoms with E-state index in [4.69, 9.17) is 9.26 Å². The fraction of sp³-hybridized carbons (Fsp3) is 0.231. The highest BCUT2D eigenvalue weighted by atomic mass is 19.1. The van der Waals surface area contributed by atoms with Crippen molar-refractivity contribution in [3.8, 4) is 0 Å². The number of rotatable bonds is 4. The van der Waals surface area contributed by atoms with Gasteiger partial charge in [-0.2, -0.15) is 0 Å². The highest BCUT2D eigenvalue weighted by Gasteiger charge is 2.24. The average molecular weight is 265 g/mol. The predicted octanol–water partition coefficient (Wildman–Crippen LogP) is 2.07. The van der Waals surface area contributed by atoms with Crippen LogP contribution >= 0.6 is 0 Å². The molecule has 0 radical (unpaired) electrons. The first-order chi connectivity index (χ1) is 9.13. The van der Waals surface area contributed by atoms with Gasteiger partial charge in [0.25, 0.3) is 0 Å². The Morgan fingerprint density at radius 3 is 2.79 bits per heavy atom. The number of hydrogen-bond donors (Lipinski definition) is 1. The van der Waals surface area contributed by atoms with Gasteiger partial charge in [0, 0.05) is 0 Å². The molecule has 19 heavy (non-hydrogen) atoms. The molecule has 1 atom stereocenters. The molecule has 0 aliphatic heterocycles. The number of hydrogen-bond acceptors (Lipinski definition) is 5. The van der Waals surface area contributed by atoms with Crippen LogP contribution in [0.2, 0.25) is 0 Å². The van der Waals surface area contributed by atoms with Crippen molar-refractivity contribution in [2.45, 2.75) is 13.0 Å². The summed E-state index contributed by atoms with van der Waals surface area (Å²) in [4.78, 5) is 11.6. The smallest absolute Gasteiger partial charge is 0.343 e. The van der Waals surface area contributed by atoms with Gasteiger partial charge in [-0.25, -0.2) is 9.18 Å². The first-order valence-corrected chi connectivity index (χ1v) is 5.68. The van der Waals surface area contributed by atoms with Crippen LogP contribution in [0.1, 0.15) is 34.6 Å². The van der Waals surface area contributed by atoms with Crippen molar-refractivity contribution in [2.75, 3.05) is 6.61 Å². The fourth-order valence-electron chi connectivity index (χ4n) is 1.61. The van der Waals surface area contributed by atoms with Crippen LogP contribution in [0.4, 0.5) is 4.39 Å². The zero-order valence-electron chi connectivity index (χ0n) is 10.2. The third-order valence-corrected chi connectivity index (χ3v) is 2.54. The molecule has 0 bridgehead atoms. The van der Waals surface area contributed by atoms with Crippen molar-refractivity contribution in [3.05, 3.63) is 53.2 Å². The molecule has 5 nitrogen and oxygen atoms in total. The Bertz CT molecular complexity index is 564. The summed E-state index contributed by atoms with van der Waals surface area (Å²) in [5, 5.41) is 13.7. The first-order valence-electron chi connectivity index (χ1n) is 5.68. The summed E-state index contributed by atoms with van der Waals surface area (Å²) < 4.78 is 22.3. The van der Waals surface area contributed by atoms with E-state index in [-0.39, 0.29) is 17.9 Å². The molecule has 0 fully saturated rings. The van der Waals surface area contributed by atoms with E-state index in [0.29, 0.717) is 5.56 Å². The van der Waals surface area contributed by atoms with Crippen LogP contribution in [0.15, 0.2) is 35.1 Å². The van der Waals surface area contributed by atoms with Gasteiger partial charge >= 0.3 is 5.97 Å². The highest BCUT2D eigenvalue weighted by molar-refractivity contribution is 5.90. The second kappa shape index (κ2) is 5.62. The summed E-state index contributed by atoms with van der Waals surface area (Å²) in [6, 6.07) is 5.23. The Morgan fingerprint density at radius 2 is 2.16 bits per heavy atom. The van der Waals surface area contributed by atoms with Crippen molar-refractivity contribution in [1.82, 2.24) is 5.16 Å². The van der Waals surface area contributed by atoms with Crippen LogP contribution in [0.3, 0.4) is 0 Å². The van der Waals surface area contributed by atoms with Gasteiger partial charge in [0.2, 0.25) is 0 Å². The van der Waals surface area contributed by atoms with E-state index in [9.17, 15) is 14.3 Å². The van der Waals surface area contributed by atoms with Gasteiger partial charge in [-0.1, -0.05) is 17.3 Å². The van der Waals surface area contributed by atoms with E-state index < -0.39 is 17.9 Å². The number of benzene rings is 1. The summed E-state index contributed by atoms with van der Waals surface area (Å²) in [6.45, 7) is 1.87. The number of nitrogens with zero attached hydrogens (tertiary/aromatic N) is 1. The molecular weight excluding hydrogens is 253 g/mol. The lowest BCUT2D eigenvalue weighted by atomic mass is 10.0. The van der Waals surface area contributed by atoms with Crippen molar-refractivity contribution < 1.29 is 23.6 Å². The molecule has 2 rings (SSSR count). The molecule has 1 heterocycles. The predicted molar refractivity (Wildman–Crippen MR) is 62.9 cm³/mol. The minimum absolute atomic E-state index is 0.0464. The SMILES string of the molecule is CCOC(=O)c1conc1[C@H](O)c1ccc(F)cc1. The van der Waals surface area contributed by atoms with Crippen LogP contribution in [-0.4, -0.2) is 22.8 Å². The zero-order chi connectivity index (χ0) is 13.8. The molecule has 6 heteroatoms. The molecule has 0 unspecified atom stereocenters. The standard InChI is InChI=1S/C13H12FNO4/c1-2-18-13(17)10-7-19-15-11(10)12(16)8-3-5-9(14)6-4-8/h3-7,12,16H,2H2,1H3/t12-/m1/s1. The van der Waals surface area contributed by atoms with Crippen LogP contribution in [0, 0.1) is 5.82 Å². The third-order valence-electron chi connectivity index (χ3n) is 2.54. The van der Waals surface area contributed by atoms with Crippen molar-refractivity contribution in [3.63, 3.8) is 0 Å². The van der Waals surface area contributed by atoms with E-state index in [1.54, 1.807) is 6.92 Å². The maximum Gasteiger partial charge on any atom is 0.343 e. The molecule has 0 aliphatic rings. The minimum atomic E-state index is -1.18. The summed E-state index contributed by atoms with van der Waals surface area (Å²) >= 11 is 0. The normalized spacial score (nSPS) is 12.2. The Hall–Kier alpha value is -2.21. The second-order valence-corrected chi connectivity index (χ2v) is 3.79. The van der Waals surface area contributed by atoms with Gasteiger partial charge in [0.1, 0.15) is 29.4 Å². The third kappa shape index (κ3) is 2.79. The molecule has 1 aromatic heterocycles. The lowest BCUT2D eigenvalue weighted by Crippen LogP contribution is -2.10. The molecule has 2 aromatic rings. The van der Waals surface area contributed by atoms with Gasteiger partial charge in [0.05, 0.1) is 6.61 Å². The molecule has 0 saturated heterocycles.